The van der Waals surface area contributed by atoms with Crippen LogP contribution < -0.4 is 0 Å². The van der Waals surface area contributed by atoms with Gasteiger partial charge in [0, 0.05) is 26.1 Å². The lowest BCUT2D eigenvalue weighted by Gasteiger charge is -2.28. The number of benzene rings is 1. The zero-order valence-corrected chi connectivity index (χ0v) is 17.3. The second kappa shape index (κ2) is 8.40. The number of hydrogen-bond acceptors (Lipinski definition) is 6. The summed E-state index contributed by atoms with van der Waals surface area (Å²) < 4.78 is 33.2. The monoisotopic (exact) mass is 406 g/mol. The highest BCUT2D eigenvalue weighted by molar-refractivity contribution is 7.89. The van der Waals surface area contributed by atoms with Crippen molar-refractivity contribution in [1.82, 2.24) is 19.3 Å². The number of carbonyl (C=O) groups is 1. The van der Waals surface area contributed by atoms with E-state index in [0.717, 1.165) is 12.0 Å². The lowest BCUT2D eigenvalue weighted by molar-refractivity contribution is -0.133. The van der Waals surface area contributed by atoms with E-state index in [0.29, 0.717) is 31.8 Å². The number of carbonyl (C=O) groups excluding carboxylic acids is 1. The Morgan fingerprint density at radius 2 is 1.93 bits per heavy atom. The first kappa shape index (κ1) is 20.5. The topological polar surface area (TPSA) is 96.6 Å². The Morgan fingerprint density at radius 3 is 2.50 bits per heavy atom. The van der Waals surface area contributed by atoms with Crippen LogP contribution in [-0.4, -0.2) is 53.3 Å². The quantitative estimate of drug-likeness (QED) is 0.756. The average Bonchev–Trinajstić information content (AvgIpc) is 3.00. The van der Waals surface area contributed by atoms with E-state index in [1.807, 2.05) is 19.1 Å². The lowest BCUT2D eigenvalue weighted by Crippen LogP contribution is -2.40. The van der Waals surface area contributed by atoms with Gasteiger partial charge in [0.2, 0.25) is 15.9 Å². The summed E-state index contributed by atoms with van der Waals surface area (Å²) in [5.74, 6) is 0.655. The molecule has 1 saturated heterocycles. The van der Waals surface area contributed by atoms with Crippen molar-refractivity contribution >= 4 is 15.9 Å². The van der Waals surface area contributed by atoms with Crippen molar-refractivity contribution in [3.05, 3.63) is 41.5 Å². The van der Waals surface area contributed by atoms with E-state index in [2.05, 4.69) is 10.1 Å². The number of aromatic nitrogens is 2. The number of sulfonamides is 1. The minimum absolute atomic E-state index is 0.0626. The van der Waals surface area contributed by atoms with Crippen molar-refractivity contribution in [1.29, 1.82) is 0 Å². The molecule has 1 amide bonds. The van der Waals surface area contributed by atoms with Crippen molar-refractivity contribution < 1.29 is 17.7 Å². The Hall–Kier alpha value is -2.26. The maximum atomic E-state index is 13.2. The highest BCUT2D eigenvalue weighted by Crippen LogP contribution is 2.28. The predicted molar refractivity (Wildman–Crippen MR) is 103 cm³/mol. The molecule has 0 saturated carbocycles. The fourth-order valence-electron chi connectivity index (χ4n) is 3.38. The van der Waals surface area contributed by atoms with E-state index in [1.165, 1.54) is 4.31 Å². The minimum Gasteiger partial charge on any atom is -0.337 e. The summed E-state index contributed by atoms with van der Waals surface area (Å²) in [4.78, 5) is 18.6. The molecule has 0 aliphatic carbocycles. The molecule has 1 unspecified atom stereocenters. The van der Waals surface area contributed by atoms with Crippen LogP contribution in [0.3, 0.4) is 0 Å². The molecule has 1 atom stereocenters. The third-order valence-electron chi connectivity index (χ3n) is 4.98. The fourth-order valence-corrected chi connectivity index (χ4v) is 4.87. The van der Waals surface area contributed by atoms with Crippen LogP contribution >= 0.6 is 0 Å². The second-order valence-corrected chi connectivity index (χ2v) is 8.79. The minimum atomic E-state index is -3.69. The Kier molecular flexibility index (Phi) is 6.14. The number of amides is 1. The maximum Gasteiger partial charge on any atom is 0.250 e. The molecule has 0 spiro atoms. The highest BCUT2D eigenvalue weighted by Gasteiger charge is 2.37. The fraction of sp³-hybridized carbons (Fsp3) is 0.526. The predicted octanol–water partition coefficient (Wildman–Crippen LogP) is 2.31. The first-order valence-electron chi connectivity index (χ1n) is 9.55. The van der Waals surface area contributed by atoms with E-state index in [1.54, 1.807) is 30.9 Å². The number of aryl methyl sites for hydroxylation is 2. The third kappa shape index (κ3) is 4.10. The lowest BCUT2D eigenvalue weighted by atomic mass is 10.2. The summed E-state index contributed by atoms with van der Waals surface area (Å²) in [6, 6.07) is 6.34. The molecule has 9 heteroatoms. The van der Waals surface area contributed by atoms with Crippen LogP contribution in [0.15, 0.2) is 33.7 Å². The molecular weight excluding hydrogens is 380 g/mol. The van der Waals surface area contributed by atoms with Crippen molar-refractivity contribution in [2.24, 2.45) is 0 Å². The normalized spacial score (nSPS) is 18.8. The zero-order valence-electron chi connectivity index (χ0n) is 16.5. The summed E-state index contributed by atoms with van der Waals surface area (Å²) in [7, 11) is -3.69. The molecule has 1 aromatic carbocycles. The van der Waals surface area contributed by atoms with Gasteiger partial charge in [-0.05, 0) is 37.5 Å². The van der Waals surface area contributed by atoms with Crippen LogP contribution in [0.4, 0.5) is 0 Å². The highest BCUT2D eigenvalue weighted by atomic mass is 32.2. The van der Waals surface area contributed by atoms with E-state index in [9.17, 15) is 13.2 Å². The van der Waals surface area contributed by atoms with Crippen molar-refractivity contribution in [3.63, 3.8) is 0 Å². The smallest absolute Gasteiger partial charge is 0.250 e. The SMILES string of the molecule is CCC(=O)N1CCCN(S(=O)(=O)c2ccc(CC)cc2)CC1c1nc(C)no1. The van der Waals surface area contributed by atoms with Gasteiger partial charge in [0.1, 0.15) is 6.04 Å². The number of hydrogen-bond donors (Lipinski definition) is 0. The van der Waals surface area contributed by atoms with Crippen LogP contribution in [0.25, 0.3) is 0 Å². The van der Waals surface area contributed by atoms with Gasteiger partial charge in [0.15, 0.2) is 5.82 Å². The van der Waals surface area contributed by atoms with Gasteiger partial charge in [-0.25, -0.2) is 8.42 Å². The average molecular weight is 407 g/mol. The summed E-state index contributed by atoms with van der Waals surface area (Å²) >= 11 is 0. The zero-order chi connectivity index (χ0) is 20.3. The first-order chi connectivity index (χ1) is 13.4. The van der Waals surface area contributed by atoms with Gasteiger partial charge in [-0.1, -0.05) is 31.1 Å². The van der Waals surface area contributed by atoms with Crippen molar-refractivity contribution in [2.75, 3.05) is 19.6 Å². The molecule has 8 nitrogen and oxygen atoms in total. The summed E-state index contributed by atoms with van der Waals surface area (Å²) in [6.07, 6.45) is 1.72. The van der Waals surface area contributed by atoms with Crippen molar-refractivity contribution in [3.8, 4) is 0 Å². The molecule has 0 N–H and O–H groups in total. The van der Waals surface area contributed by atoms with Gasteiger partial charge in [0.25, 0.3) is 5.89 Å². The van der Waals surface area contributed by atoms with Crippen LogP contribution in [-0.2, 0) is 21.2 Å². The molecule has 1 aromatic heterocycles. The molecule has 1 fully saturated rings. The Balaban J connectivity index is 1.94. The standard InChI is InChI=1S/C19H26N4O4S/c1-4-15-7-9-16(10-8-15)28(25,26)22-11-6-12-23(18(24)5-2)17(13-22)19-20-14(3)21-27-19/h7-10,17H,4-6,11-13H2,1-3H3. The van der Waals surface area contributed by atoms with Crippen LogP contribution in [0.1, 0.15) is 50.0 Å². The maximum absolute atomic E-state index is 13.2. The van der Waals surface area contributed by atoms with Gasteiger partial charge in [0.05, 0.1) is 4.90 Å². The molecule has 28 heavy (non-hydrogen) atoms. The first-order valence-corrected chi connectivity index (χ1v) is 11.0. The molecule has 152 valence electrons. The molecule has 2 aromatic rings. The largest absolute Gasteiger partial charge is 0.337 e. The molecule has 0 bridgehead atoms. The third-order valence-corrected chi connectivity index (χ3v) is 6.86. The Bertz CT molecular complexity index is 924. The van der Waals surface area contributed by atoms with Gasteiger partial charge in [-0.3, -0.25) is 4.79 Å². The number of nitrogens with zero attached hydrogens (tertiary/aromatic N) is 4. The van der Waals surface area contributed by atoms with Gasteiger partial charge >= 0.3 is 0 Å². The van der Waals surface area contributed by atoms with Crippen LogP contribution in [0.2, 0.25) is 0 Å². The number of rotatable bonds is 5. The molecule has 1 aliphatic heterocycles. The van der Waals surface area contributed by atoms with Gasteiger partial charge in [-0.2, -0.15) is 9.29 Å². The molecule has 2 heterocycles. The molecule has 3 rings (SSSR count). The Labute approximate surface area is 165 Å². The summed E-state index contributed by atoms with van der Waals surface area (Å²) in [6.45, 7) is 6.36. The van der Waals surface area contributed by atoms with Crippen LogP contribution in [0.5, 0.6) is 0 Å². The van der Waals surface area contributed by atoms with Crippen molar-refractivity contribution in [2.45, 2.75) is 51.0 Å². The van der Waals surface area contributed by atoms with E-state index in [-0.39, 0.29) is 23.2 Å². The Morgan fingerprint density at radius 1 is 1.21 bits per heavy atom. The molecule has 1 aliphatic rings. The van der Waals surface area contributed by atoms with E-state index >= 15 is 0 Å². The summed E-state index contributed by atoms with van der Waals surface area (Å²) in [5, 5.41) is 3.81. The summed E-state index contributed by atoms with van der Waals surface area (Å²) in [5.41, 5.74) is 1.08. The van der Waals surface area contributed by atoms with Crippen LogP contribution in [0, 0.1) is 6.92 Å². The van der Waals surface area contributed by atoms with Gasteiger partial charge in [-0.15, -0.1) is 0 Å². The van der Waals surface area contributed by atoms with E-state index in [4.69, 9.17) is 4.52 Å². The van der Waals surface area contributed by atoms with E-state index < -0.39 is 16.1 Å². The molecular formula is C19H26N4O4S. The second-order valence-electron chi connectivity index (χ2n) is 6.85. The van der Waals surface area contributed by atoms with Gasteiger partial charge < -0.3 is 9.42 Å². The molecule has 0 radical (unpaired) electrons.